The molecule has 0 aromatic heterocycles. The molecule has 3 N–H and O–H groups in total. The first kappa shape index (κ1) is 7.97. The number of esters is 1. The topological polar surface area (TPSA) is 87.0 Å². The predicted molar refractivity (Wildman–Crippen MR) is 36.1 cm³/mol. The lowest BCUT2D eigenvalue weighted by molar-refractivity contribution is -0.154. The molecule has 0 amide bonds. The Morgan fingerprint density at radius 3 is 2.75 bits per heavy atom. The molecule has 12 heavy (non-hydrogen) atoms. The molecule has 2 rings (SSSR count). The number of hydrogen-bond acceptors (Lipinski definition) is 5. The molecule has 0 aromatic carbocycles. The van der Waals surface area contributed by atoms with Gasteiger partial charge in [-0.25, -0.2) is 4.79 Å². The van der Waals surface area contributed by atoms with Crippen LogP contribution in [0.25, 0.3) is 0 Å². The van der Waals surface area contributed by atoms with E-state index in [9.17, 15) is 20.1 Å². The second-order valence-corrected chi connectivity index (χ2v) is 3.44. The van der Waals surface area contributed by atoms with Crippen LogP contribution in [-0.2, 0) is 9.53 Å². The third kappa shape index (κ3) is 0.872. The van der Waals surface area contributed by atoms with Gasteiger partial charge in [0.25, 0.3) is 0 Å². The number of ether oxygens (including phenoxy) is 1. The van der Waals surface area contributed by atoms with Gasteiger partial charge in [-0.2, -0.15) is 0 Å². The Bertz CT molecular complexity index is 228. The summed E-state index contributed by atoms with van der Waals surface area (Å²) < 4.78 is 4.67. The minimum Gasteiger partial charge on any atom is -0.457 e. The van der Waals surface area contributed by atoms with Crippen molar-refractivity contribution < 1.29 is 24.9 Å². The van der Waals surface area contributed by atoms with Gasteiger partial charge in [0.05, 0.1) is 6.10 Å². The largest absolute Gasteiger partial charge is 0.457 e. The fourth-order valence-electron chi connectivity index (χ4n) is 1.78. The molecule has 2 fully saturated rings. The second-order valence-electron chi connectivity index (χ2n) is 3.44. The number of rotatable bonds is 0. The number of carbonyl (C=O) groups is 1. The fourth-order valence-corrected chi connectivity index (χ4v) is 1.78. The average molecular weight is 174 g/mol. The van der Waals surface area contributed by atoms with Crippen LogP contribution in [0.1, 0.15) is 12.8 Å². The van der Waals surface area contributed by atoms with Gasteiger partial charge in [-0.3, -0.25) is 0 Å². The van der Waals surface area contributed by atoms with Crippen molar-refractivity contribution in [2.75, 3.05) is 0 Å². The Hall–Kier alpha value is -0.650. The highest BCUT2D eigenvalue weighted by Gasteiger charge is 2.56. The lowest BCUT2D eigenvalue weighted by Gasteiger charge is -2.30. The van der Waals surface area contributed by atoms with Crippen molar-refractivity contribution in [2.45, 2.75) is 36.8 Å². The summed E-state index contributed by atoms with van der Waals surface area (Å²) >= 11 is 0. The van der Waals surface area contributed by atoms with E-state index < -0.39 is 29.9 Å². The summed E-state index contributed by atoms with van der Waals surface area (Å²) in [6.45, 7) is 0. The zero-order chi connectivity index (χ0) is 8.93. The van der Waals surface area contributed by atoms with E-state index in [2.05, 4.69) is 4.74 Å². The molecule has 1 saturated heterocycles. The fraction of sp³-hybridized carbons (Fsp3) is 0.857. The number of aliphatic hydroxyl groups excluding tert-OH is 2. The molecule has 68 valence electrons. The number of carbonyl (C=O) groups excluding carboxylic acids is 1. The minimum atomic E-state index is -1.57. The Labute approximate surface area is 68.6 Å². The molecule has 2 aliphatic rings. The van der Waals surface area contributed by atoms with Gasteiger partial charge in [-0.1, -0.05) is 0 Å². The second kappa shape index (κ2) is 2.18. The SMILES string of the molecule is O=C1O[C@H]2C[C@@]1(O)C[C@H](O)[C@@H]2O. The summed E-state index contributed by atoms with van der Waals surface area (Å²) in [7, 11) is 0. The molecule has 0 spiro atoms. The smallest absolute Gasteiger partial charge is 0.338 e. The highest BCUT2D eigenvalue weighted by Crippen LogP contribution is 2.37. The zero-order valence-electron chi connectivity index (χ0n) is 6.30. The molecule has 1 aliphatic carbocycles. The van der Waals surface area contributed by atoms with Crippen LogP contribution in [0.15, 0.2) is 0 Å². The van der Waals surface area contributed by atoms with Gasteiger partial charge in [-0.05, 0) is 0 Å². The van der Waals surface area contributed by atoms with E-state index in [1.807, 2.05) is 0 Å². The maximum atomic E-state index is 11.0. The van der Waals surface area contributed by atoms with E-state index in [-0.39, 0.29) is 12.8 Å². The number of fused-ring (bicyclic) bond motifs is 2. The quantitative estimate of drug-likeness (QED) is 0.375. The molecule has 5 nitrogen and oxygen atoms in total. The van der Waals surface area contributed by atoms with E-state index in [0.717, 1.165) is 0 Å². The Kier molecular flexibility index (Phi) is 1.45. The highest BCUT2D eigenvalue weighted by molar-refractivity contribution is 5.82. The van der Waals surface area contributed by atoms with Crippen LogP contribution < -0.4 is 0 Å². The van der Waals surface area contributed by atoms with Crippen molar-refractivity contribution in [1.29, 1.82) is 0 Å². The normalized spacial score (nSPS) is 52.2. The van der Waals surface area contributed by atoms with E-state index in [4.69, 9.17) is 0 Å². The van der Waals surface area contributed by atoms with Gasteiger partial charge in [0, 0.05) is 12.8 Å². The maximum Gasteiger partial charge on any atom is 0.338 e. The van der Waals surface area contributed by atoms with Crippen LogP contribution in [0.4, 0.5) is 0 Å². The van der Waals surface area contributed by atoms with E-state index in [1.165, 1.54) is 0 Å². The minimum absolute atomic E-state index is 0.0874. The zero-order valence-corrected chi connectivity index (χ0v) is 6.30. The van der Waals surface area contributed by atoms with Crippen molar-refractivity contribution in [1.82, 2.24) is 0 Å². The summed E-state index contributed by atoms with van der Waals surface area (Å²) in [4.78, 5) is 11.0. The Morgan fingerprint density at radius 1 is 1.42 bits per heavy atom. The van der Waals surface area contributed by atoms with Crippen molar-refractivity contribution in [3.63, 3.8) is 0 Å². The molecular weight excluding hydrogens is 164 g/mol. The number of hydrogen-bond donors (Lipinski definition) is 3. The molecule has 1 aliphatic heterocycles. The van der Waals surface area contributed by atoms with Crippen molar-refractivity contribution in [3.8, 4) is 0 Å². The Morgan fingerprint density at radius 2 is 2.08 bits per heavy atom. The number of aliphatic hydroxyl groups is 3. The first-order chi connectivity index (χ1) is 5.53. The molecule has 0 aromatic rings. The Balaban J connectivity index is 2.28. The van der Waals surface area contributed by atoms with Crippen molar-refractivity contribution >= 4 is 5.97 Å². The molecule has 2 bridgehead atoms. The molecule has 5 heteroatoms. The third-order valence-electron chi connectivity index (χ3n) is 2.50. The van der Waals surface area contributed by atoms with Crippen LogP contribution in [0.2, 0.25) is 0 Å². The van der Waals surface area contributed by atoms with Crippen LogP contribution in [0.5, 0.6) is 0 Å². The van der Waals surface area contributed by atoms with Gasteiger partial charge in [-0.15, -0.1) is 0 Å². The molecule has 1 saturated carbocycles. The molecule has 0 radical (unpaired) electrons. The predicted octanol–water partition coefficient (Wildman–Crippen LogP) is -1.84. The molecule has 4 atom stereocenters. The first-order valence-corrected chi connectivity index (χ1v) is 3.82. The van der Waals surface area contributed by atoms with Gasteiger partial charge >= 0.3 is 5.97 Å². The monoisotopic (exact) mass is 174 g/mol. The van der Waals surface area contributed by atoms with Crippen molar-refractivity contribution in [3.05, 3.63) is 0 Å². The lowest BCUT2D eigenvalue weighted by Crippen LogP contribution is -2.48. The summed E-state index contributed by atoms with van der Waals surface area (Å²) in [5, 5.41) is 28.0. The highest BCUT2D eigenvalue weighted by atomic mass is 16.6. The summed E-state index contributed by atoms with van der Waals surface area (Å²) in [6.07, 6.45) is -2.92. The van der Waals surface area contributed by atoms with Crippen LogP contribution >= 0.6 is 0 Å². The third-order valence-corrected chi connectivity index (χ3v) is 2.50. The maximum absolute atomic E-state index is 11.0. The van der Waals surface area contributed by atoms with E-state index in [1.54, 1.807) is 0 Å². The molecule has 0 unspecified atom stereocenters. The molecular formula is C7H10O5. The average Bonchev–Trinajstić information content (AvgIpc) is 2.22. The summed E-state index contributed by atoms with van der Waals surface area (Å²) in [5.41, 5.74) is -1.57. The summed E-state index contributed by atoms with van der Waals surface area (Å²) in [5.74, 6) is -0.733. The molecule has 1 heterocycles. The van der Waals surface area contributed by atoms with Gasteiger partial charge in [0.15, 0.2) is 5.60 Å². The van der Waals surface area contributed by atoms with E-state index in [0.29, 0.717) is 0 Å². The standard InChI is InChI=1S/C7H10O5/c8-3-1-7(11)2-4(5(3)9)12-6(7)10/h3-5,8-9,11H,1-2H2/t3-,4-,5-,7-/m0/s1. The van der Waals surface area contributed by atoms with Gasteiger partial charge < -0.3 is 20.1 Å². The van der Waals surface area contributed by atoms with Crippen molar-refractivity contribution in [2.24, 2.45) is 0 Å². The van der Waals surface area contributed by atoms with Crippen LogP contribution in [-0.4, -0.2) is 45.2 Å². The summed E-state index contributed by atoms with van der Waals surface area (Å²) in [6, 6.07) is 0. The lowest BCUT2D eigenvalue weighted by atomic mass is 9.82. The van der Waals surface area contributed by atoms with E-state index >= 15 is 0 Å². The van der Waals surface area contributed by atoms with Crippen LogP contribution in [0, 0.1) is 0 Å². The van der Waals surface area contributed by atoms with Gasteiger partial charge in [0.1, 0.15) is 12.2 Å². The van der Waals surface area contributed by atoms with Crippen LogP contribution in [0.3, 0.4) is 0 Å². The first-order valence-electron chi connectivity index (χ1n) is 3.82. The van der Waals surface area contributed by atoms with Gasteiger partial charge in [0.2, 0.25) is 0 Å².